The Kier molecular flexibility index (Phi) is 4.67. The molecule has 0 saturated heterocycles. The molecule has 0 atom stereocenters. The SMILES string of the molecule is Cc1ccccc1NC(=O)c1ccnc(Nc2ccccc2C#N)n1. The lowest BCUT2D eigenvalue weighted by molar-refractivity contribution is 0.102. The molecule has 122 valence electrons. The number of amides is 1. The summed E-state index contributed by atoms with van der Waals surface area (Å²) >= 11 is 0. The van der Waals surface area contributed by atoms with Gasteiger partial charge in [0.2, 0.25) is 5.95 Å². The first-order valence-corrected chi connectivity index (χ1v) is 7.63. The predicted octanol–water partition coefficient (Wildman–Crippen LogP) is 3.65. The second-order valence-corrected chi connectivity index (χ2v) is 5.32. The zero-order chi connectivity index (χ0) is 17.6. The molecule has 1 aromatic heterocycles. The summed E-state index contributed by atoms with van der Waals surface area (Å²) in [5, 5.41) is 14.9. The Balaban J connectivity index is 1.81. The fourth-order valence-corrected chi connectivity index (χ4v) is 2.25. The van der Waals surface area contributed by atoms with Crippen molar-refractivity contribution in [3.8, 4) is 6.07 Å². The van der Waals surface area contributed by atoms with E-state index in [1.54, 1.807) is 24.3 Å². The summed E-state index contributed by atoms with van der Waals surface area (Å²) < 4.78 is 0. The van der Waals surface area contributed by atoms with E-state index >= 15 is 0 Å². The molecule has 0 aliphatic heterocycles. The highest BCUT2D eigenvalue weighted by Crippen LogP contribution is 2.18. The van der Waals surface area contributed by atoms with Crippen LogP contribution in [0.25, 0.3) is 0 Å². The monoisotopic (exact) mass is 329 g/mol. The average molecular weight is 329 g/mol. The smallest absolute Gasteiger partial charge is 0.274 e. The summed E-state index contributed by atoms with van der Waals surface area (Å²) in [5.74, 6) is -0.0755. The quantitative estimate of drug-likeness (QED) is 0.762. The Labute approximate surface area is 145 Å². The summed E-state index contributed by atoms with van der Waals surface area (Å²) in [6.45, 7) is 1.92. The molecule has 0 saturated carbocycles. The average Bonchev–Trinajstić information content (AvgIpc) is 2.64. The maximum atomic E-state index is 12.4. The van der Waals surface area contributed by atoms with Crippen LogP contribution in [0.2, 0.25) is 0 Å². The standard InChI is InChI=1S/C19H15N5O/c1-13-6-2-4-8-15(13)22-18(25)17-10-11-21-19(24-17)23-16-9-5-3-7-14(16)12-20/h2-11H,1H3,(H,22,25)(H,21,23,24). The summed E-state index contributed by atoms with van der Waals surface area (Å²) in [4.78, 5) is 20.7. The van der Waals surface area contributed by atoms with Crippen LogP contribution in [-0.4, -0.2) is 15.9 Å². The second kappa shape index (κ2) is 7.23. The van der Waals surface area contributed by atoms with E-state index in [0.29, 0.717) is 11.3 Å². The van der Waals surface area contributed by atoms with Gasteiger partial charge in [-0.25, -0.2) is 9.97 Å². The lowest BCUT2D eigenvalue weighted by Gasteiger charge is -2.09. The van der Waals surface area contributed by atoms with Gasteiger partial charge in [0.1, 0.15) is 11.8 Å². The number of para-hydroxylation sites is 2. The summed E-state index contributed by atoms with van der Waals surface area (Å²) in [5.41, 5.74) is 2.99. The maximum Gasteiger partial charge on any atom is 0.274 e. The van der Waals surface area contributed by atoms with Crippen molar-refractivity contribution in [2.75, 3.05) is 10.6 Å². The van der Waals surface area contributed by atoms with Crippen molar-refractivity contribution in [2.45, 2.75) is 6.92 Å². The molecule has 0 aliphatic carbocycles. The summed E-state index contributed by atoms with van der Waals surface area (Å²) in [7, 11) is 0. The van der Waals surface area contributed by atoms with Crippen molar-refractivity contribution < 1.29 is 4.79 Å². The van der Waals surface area contributed by atoms with Gasteiger partial charge in [-0.3, -0.25) is 4.79 Å². The van der Waals surface area contributed by atoms with Crippen molar-refractivity contribution in [3.05, 3.63) is 77.6 Å². The third kappa shape index (κ3) is 3.79. The van der Waals surface area contributed by atoms with Crippen LogP contribution in [0.4, 0.5) is 17.3 Å². The number of carbonyl (C=O) groups excluding carboxylic acids is 1. The lowest BCUT2D eigenvalue weighted by Crippen LogP contribution is -2.15. The van der Waals surface area contributed by atoms with Gasteiger partial charge >= 0.3 is 0 Å². The number of carbonyl (C=O) groups is 1. The number of aromatic nitrogens is 2. The number of aryl methyl sites for hydroxylation is 1. The highest BCUT2D eigenvalue weighted by molar-refractivity contribution is 6.03. The van der Waals surface area contributed by atoms with E-state index in [9.17, 15) is 4.79 Å². The van der Waals surface area contributed by atoms with E-state index in [4.69, 9.17) is 5.26 Å². The Bertz CT molecular complexity index is 962. The third-order valence-electron chi connectivity index (χ3n) is 3.58. The molecular formula is C19H15N5O. The fraction of sp³-hybridized carbons (Fsp3) is 0.0526. The summed E-state index contributed by atoms with van der Waals surface area (Å²) in [6.07, 6.45) is 1.50. The Morgan fingerprint density at radius 3 is 2.52 bits per heavy atom. The van der Waals surface area contributed by atoms with E-state index in [-0.39, 0.29) is 17.5 Å². The number of nitrogens with zero attached hydrogens (tertiary/aromatic N) is 3. The zero-order valence-electron chi connectivity index (χ0n) is 13.5. The van der Waals surface area contributed by atoms with Gasteiger partial charge in [0, 0.05) is 11.9 Å². The third-order valence-corrected chi connectivity index (χ3v) is 3.58. The van der Waals surface area contributed by atoms with E-state index in [0.717, 1.165) is 11.3 Å². The predicted molar refractivity (Wildman–Crippen MR) is 95.6 cm³/mol. The van der Waals surface area contributed by atoms with Crippen LogP contribution < -0.4 is 10.6 Å². The molecule has 1 heterocycles. The number of hydrogen-bond donors (Lipinski definition) is 2. The molecule has 3 aromatic rings. The van der Waals surface area contributed by atoms with Gasteiger partial charge in [-0.05, 0) is 36.8 Å². The van der Waals surface area contributed by atoms with Gasteiger partial charge in [-0.1, -0.05) is 30.3 Å². The first-order valence-electron chi connectivity index (χ1n) is 7.63. The molecule has 0 spiro atoms. The zero-order valence-corrected chi connectivity index (χ0v) is 13.5. The minimum atomic E-state index is -0.326. The fourth-order valence-electron chi connectivity index (χ4n) is 2.25. The van der Waals surface area contributed by atoms with Crippen LogP contribution in [0, 0.1) is 18.3 Å². The van der Waals surface area contributed by atoms with Crippen LogP contribution in [0.1, 0.15) is 21.6 Å². The van der Waals surface area contributed by atoms with Crippen molar-refractivity contribution in [1.29, 1.82) is 5.26 Å². The highest BCUT2D eigenvalue weighted by Gasteiger charge is 2.11. The second-order valence-electron chi connectivity index (χ2n) is 5.32. The van der Waals surface area contributed by atoms with E-state index in [1.165, 1.54) is 12.3 Å². The minimum absolute atomic E-state index is 0.232. The van der Waals surface area contributed by atoms with E-state index in [2.05, 4.69) is 26.7 Å². The number of nitriles is 1. The molecule has 0 fully saturated rings. The number of rotatable bonds is 4. The van der Waals surface area contributed by atoms with E-state index < -0.39 is 0 Å². The van der Waals surface area contributed by atoms with Crippen LogP contribution in [-0.2, 0) is 0 Å². The van der Waals surface area contributed by atoms with Crippen LogP contribution in [0.15, 0.2) is 60.8 Å². The molecule has 2 aromatic carbocycles. The van der Waals surface area contributed by atoms with Gasteiger partial charge in [0.15, 0.2) is 0 Å². The molecule has 25 heavy (non-hydrogen) atoms. The molecular weight excluding hydrogens is 314 g/mol. The number of benzene rings is 2. The van der Waals surface area contributed by atoms with Gasteiger partial charge < -0.3 is 10.6 Å². The van der Waals surface area contributed by atoms with Crippen molar-refractivity contribution in [1.82, 2.24) is 9.97 Å². The summed E-state index contributed by atoms with van der Waals surface area (Å²) in [6, 6.07) is 18.2. The Hall–Kier alpha value is -3.72. The van der Waals surface area contributed by atoms with E-state index in [1.807, 2.05) is 31.2 Å². The largest absolute Gasteiger partial charge is 0.323 e. The highest BCUT2D eigenvalue weighted by atomic mass is 16.1. The molecule has 0 radical (unpaired) electrons. The van der Waals surface area contributed by atoms with Crippen molar-refractivity contribution >= 4 is 23.2 Å². The molecule has 2 N–H and O–H groups in total. The molecule has 0 unspecified atom stereocenters. The Morgan fingerprint density at radius 2 is 1.76 bits per heavy atom. The first-order chi connectivity index (χ1) is 12.2. The molecule has 3 rings (SSSR count). The molecule has 1 amide bonds. The van der Waals surface area contributed by atoms with Crippen LogP contribution in [0.5, 0.6) is 0 Å². The van der Waals surface area contributed by atoms with Gasteiger partial charge in [0.25, 0.3) is 5.91 Å². The van der Waals surface area contributed by atoms with Gasteiger partial charge in [-0.2, -0.15) is 5.26 Å². The number of hydrogen-bond acceptors (Lipinski definition) is 5. The van der Waals surface area contributed by atoms with Crippen molar-refractivity contribution in [3.63, 3.8) is 0 Å². The first kappa shape index (κ1) is 16.1. The van der Waals surface area contributed by atoms with Gasteiger partial charge in [-0.15, -0.1) is 0 Å². The Morgan fingerprint density at radius 1 is 1.04 bits per heavy atom. The van der Waals surface area contributed by atoms with Crippen LogP contribution >= 0.6 is 0 Å². The minimum Gasteiger partial charge on any atom is -0.323 e. The molecule has 6 heteroatoms. The number of anilines is 3. The van der Waals surface area contributed by atoms with Crippen molar-refractivity contribution in [2.24, 2.45) is 0 Å². The van der Waals surface area contributed by atoms with Crippen LogP contribution in [0.3, 0.4) is 0 Å². The van der Waals surface area contributed by atoms with Gasteiger partial charge in [0.05, 0.1) is 11.3 Å². The molecule has 0 bridgehead atoms. The molecule has 0 aliphatic rings. The topological polar surface area (TPSA) is 90.7 Å². The normalized spacial score (nSPS) is 9.92. The lowest BCUT2D eigenvalue weighted by atomic mass is 10.2. The number of nitrogens with one attached hydrogen (secondary N) is 2. The maximum absolute atomic E-state index is 12.4. The molecule has 6 nitrogen and oxygen atoms in total.